The molecular formula is C21H20N2O5S. The Hall–Kier alpha value is -3.00. The van der Waals surface area contributed by atoms with E-state index in [9.17, 15) is 19.5 Å². The fourth-order valence-corrected chi connectivity index (χ4v) is 4.52. The van der Waals surface area contributed by atoms with E-state index in [-0.39, 0.29) is 12.5 Å². The topological polar surface area (TPSA) is 95.9 Å². The molecule has 7 nitrogen and oxygen atoms in total. The Kier molecular flexibility index (Phi) is 5.19. The lowest BCUT2D eigenvalue weighted by Gasteiger charge is -2.22. The summed E-state index contributed by atoms with van der Waals surface area (Å²) in [5.74, 6) is -0.373. The second kappa shape index (κ2) is 7.79. The number of carbonyl (C=O) groups is 3. The van der Waals surface area contributed by atoms with E-state index in [1.165, 1.54) is 4.90 Å². The Morgan fingerprint density at radius 2 is 1.93 bits per heavy atom. The van der Waals surface area contributed by atoms with Crippen LogP contribution in [0.15, 0.2) is 52.3 Å². The van der Waals surface area contributed by atoms with Crippen molar-refractivity contribution in [3.63, 3.8) is 0 Å². The van der Waals surface area contributed by atoms with Crippen LogP contribution in [0.3, 0.4) is 0 Å². The number of carbonyl (C=O) groups excluding carboxylic acids is 2. The van der Waals surface area contributed by atoms with Gasteiger partial charge in [-0.15, -0.1) is 0 Å². The molecular weight excluding hydrogens is 392 g/mol. The van der Waals surface area contributed by atoms with E-state index >= 15 is 0 Å². The largest absolute Gasteiger partial charge is 0.480 e. The number of nitrogens with one attached hydrogen (secondary N) is 1. The van der Waals surface area contributed by atoms with Crippen LogP contribution >= 0.6 is 11.8 Å². The predicted octanol–water partition coefficient (Wildman–Crippen LogP) is 2.99. The molecule has 4 rings (SSSR count). The maximum atomic E-state index is 12.5. The van der Waals surface area contributed by atoms with Crippen LogP contribution in [0.25, 0.3) is 0 Å². The Labute approximate surface area is 172 Å². The molecule has 2 aliphatic heterocycles. The SMILES string of the molecule is C[C@H]1C[C@@H](C(=O)O)N(C(=O)CNC(=O)c2ccc3c(c2)Oc2ccccc2S3)C1. The number of fused-ring (bicyclic) bond motifs is 2. The first kappa shape index (κ1) is 19.3. The van der Waals surface area contributed by atoms with Crippen molar-refractivity contribution in [3.8, 4) is 11.5 Å². The van der Waals surface area contributed by atoms with Crippen molar-refractivity contribution < 1.29 is 24.2 Å². The molecule has 0 saturated carbocycles. The van der Waals surface area contributed by atoms with Crippen LogP contribution in [0.1, 0.15) is 23.7 Å². The van der Waals surface area contributed by atoms with Crippen molar-refractivity contribution in [1.29, 1.82) is 0 Å². The number of ether oxygens (including phenoxy) is 1. The second-order valence-corrected chi connectivity index (χ2v) is 8.32. The van der Waals surface area contributed by atoms with Gasteiger partial charge in [-0.25, -0.2) is 4.79 Å². The maximum Gasteiger partial charge on any atom is 0.326 e. The van der Waals surface area contributed by atoms with Gasteiger partial charge in [-0.1, -0.05) is 30.8 Å². The second-order valence-electron chi connectivity index (χ2n) is 7.24. The van der Waals surface area contributed by atoms with Crippen molar-refractivity contribution in [2.75, 3.05) is 13.1 Å². The molecule has 0 bridgehead atoms. The third-order valence-corrected chi connectivity index (χ3v) is 6.13. The Balaban J connectivity index is 1.41. The highest BCUT2D eigenvalue weighted by Crippen LogP contribution is 2.46. The molecule has 0 radical (unpaired) electrons. The van der Waals surface area contributed by atoms with E-state index in [4.69, 9.17) is 4.74 Å². The lowest BCUT2D eigenvalue weighted by atomic mass is 10.1. The number of amides is 2. The van der Waals surface area contributed by atoms with Gasteiger partial charge >= 0.3 is 5.97 Å². The number of nitrogens with zero attached hydrogens (tertiary/aromatic N) is 1. The summed E-state index contributed by atoms with van der Waals surface area (Å²) in [6, 6.07) is 12.0. The Bertz CT molecular complexity index is 993. The Morgan fingerprint density at radius 1 is 1.17 bits per heavy atom. The molecule has 150 valence electrons. The number of hydrogen-bond acceptors (Lipinski definition) is 5. The van der Waals surface area contributed by atoms with Gasteiger partial charge in [0.15, 0.2) is 0 Å². The molecule has 2 aromatic carbocycles. The summed E-state index contributed by atoms with van der Waals surface area (Å²) >= 11 is 1.57. The Morgan fingerprint density at radius 3 is 2.72 bits per heavy atom. The first-order chi connectivity index (χ1) is 13.9. The van der Waals surface area contributed by atoms with Crippen molar-refractivity contribution in [1.82, 2.24) is 10.2 Å². The minimum absolute atomic E-state index is 0.119. The van der Waals surface area contributed by atoms with Gasteiger partial charge in [-0.2, -0.15) is 0 Å². The van der Waals surface area contributed by atoms with Gasteiger partial charge in [0.1, 0.15) is 17.5 Å². The van der Waals surface area contributed by atoms with E-state index in [1.807, 2.05) is 37.3 Å². The molecule has 2 atom stereocenters. The summed E-state index contributed by atoms with van der Waals surface area (Å²) in [6.07, 6.45) is 0.427. The molecule has 2 amide bonds. The highest BCUT2D eigenvalue weighted by Gasteiger charge is 2.37. The molecule has 2 aliphatic rings. The molecule has 0 aromatic heterocycles. The van der Waals surface area contributed by atoms with E-state index in [0.29, 0.717) is 24.3 Å². The monoisotopic (exact) mass is 412 g/mol. The van der Waals surface area contributed by atoms with Crippen LogP contribution in [-0.4, -0.2) is 46.9 Å². The summed E-state index contributed by atoms with van der Waals surface area (Å²) in [6.45, 7) is 2.05. The minimum atomic E-state index is -1.02. The quantitative estimate of drug-likeness (QED) is 0.684. The number of carboxylic acids is 1. The molecule has 2 heterocycles. The molecule has 29 heavy (non-hydrogen) atoms. The minimum Gasteiger partial charge on any atom is -0.480 e. The normalized spacial score (nSPS) is 19.7. The molecule has 2 aromatic rings. The average Bonchev–Trinajstić information content (AvgIpc) is 3.12. The van der Waals surface area contributed by atoms with Gasteiger partial charge in [0.25, 0.3) is 5.91 Å². The summed E-state index contributed by atoms with van der Waals surface area (Å²) < 4.78 is 5.89. The van der Waals surface area contributed by atoms with Crippen molar-refractivity contribution in [2.24, 2.45) is 5.92 Å². The van der Waals surface area contributed by atoms with Gasteiger partial charge in [0, 0.05) is 12.1 Å². The van der Waals surface area contributed by atoms with E-state index in [0.717, 1.165) is 15.5 Å². The number of rotatable bonds is 4. The van der Waals surface area contributed by atoms with Crippen molar-refractivity contribution in [2.45, 2.75) is 29.2 Å². The zero-order valence-corrected chi connectivity index (χ0v) is 16.6. The third-order valence-electron chi connectivity index (χ3n) is 5.01. The van der Waals surface area contributed by atoms with Crippen LogP contribution < -0.4 is 10.1 Å². The third kappa shape index (κ3) is 3.93. The fraction of sp³-hybridized carbons (Fsp3) is 0.286. The van der Waals surface area contributed by atoms with Crippen molar-refractivity contribution in [3.05, 3.63) is 48.0 Å². The van der Waals surface area contributed by atoms with Gasteiger partial charge in [-0.05, 0) is 42.7 Å². The van der Waals surface area contributed by atoms with E-state index in [2.05, 4.69) is 5.32 Å². The number of benzene rings is 2. The number of aliphatic carboxylic acids is 1. The number of para-hydroxylation sites is 1. The zero-order chi connectivity index (χ0) is 20.5. The molecule has 0 unspecified atom stereocenters. The van der Waals surface area contributed by atoms with Gasteiger partial charge in [-0.3, -0.25) is 9.59 Å². The summed E-state index contributed by atoms with van der Waals surface area (Å²) in [5.41, 5.74) is 0.376. The van der Waals surface area contributed by atoms with Crippen LogP contribution in [0.2, 0.25) is 0 Å². The zero-order valence-electron chi connectivity index (χ0n) is 15.8. The van der Waals surface area contributed by atoms with Crippen LogP contribution in [0, 0.1) is 5.92 Å². The molecule has 1 fully saturated rings. The van der Waals surface area contributed by atoms with Gasteiger partial charge < -0.3 is 20.1 Å². The maximum absolute atomic E-state index is 12.5. The smallest absolute Gasteiger partial charge is 0.326 e. The molecule has 2 N–H and O–H groups in total. The number of hydrogen-bond donors (Lipinski definition) is 2. The van der Waals surface area contributed by atoms with Gasteiger partial charge in [0.2, 0.25) is 5.91 Å². The first-order valence-corrected chi connectivity index (χ1v) is 10.1. The van der Waals surface area contributed by atoms with Crippen LogP contribution in [0.4, 0.5) is 0 Å². The molecule has 8 heteroatoms. The summed E-state index contributed by atoms with van der Waals surface area (Å²) in [4.78, 5) is 39.5. The first-order valence-electron chi connectivity index (χ1n) is 9.31. The molecule has 0 aliphatic carbocycles. The lowest BCUT2D eigenvalue weighted by Crippen LogP contribution is -2.45. The van der Waals surface area contributed by atoms with E-state index in [1.54, 1.807) is 23.9 Å². The van der Waals surface area contributed by atoms with Crippen LogP contribution in [0.5, 0.6) is 11.5 Å². The fourth-order valence-electron chi connectivity index (χ4n) is 3.58. The van der Waals surface area contributed by atoms with E-state index < -0.39 is 23.8 Å². The van der Waals surface area contributed by atoms with Gasteiger partial charge in [0.05, 0.1) is 16.3 Å². The lowest BCUT2D eigenvalue weighted by molar-refractivity contribution is -0.147. The van der Waals surface area contributed by atoms with Crippen LogP contribution in [-0.2, 0) is 9.59 Å². The highest BCUT2D eigenvalue weighted by molar-refractivity contribution is 7.99. The summed E-state index contributed by atoms with van der Waals surface area (Å²) in [5, 5.41) is 11.9. The standard InChI is InChI=1S/C21H20N2O5S/c1-12-8-14(21(26)27)23(11-12)19(24)10-22-20(25)13-6-7-18-16(9-13)28-15-4-2-3-5-17(15)29-18/h2-7,9,12,14H,8,10-11H2,1H3,(H,22,25)(H,26,27)/t12-,14-/m0/s1. The molecule has 1 saturated heterocycles. The average molecular weight is 412 g/mol. The summed E-state index contributed by atoms with van der Waals surface area (Å²) in [7, 11) is 0. The number of carboxylic acid groups (broad SMARTS) is 1. The number of likely N-dealkylation sites (tertiary alicyclic amines) is 1. The molecule has 0 spiro atoms. The predicted molar refractivity (Wildman–Crippen MR) is 106 cm³/mol. The highest BCUT2D eigenvalue weighted by atomic mass is 32.2. The van der Waals surface area contributed by atoms with Crippen molar-refractivity contribution >= 4 is 29.5 Å².